The molecule has 0 fully saturated rings. The summed E-state index contributed by atoms with van der Waals surface area (Å²) in [5.41, 5.74) is 16.9. The lowest BCUT2D eigenvalue weighted by Crippen LogP contribution is -2.10. The lowest BCUT2D eigenvalue weighted by Gasteiger charge is -2.25. The standard InChI is InChI=1S/C53H34N2/c1-4-15-36(16-5-1)49-44-22-11-12-23-45(44)50(37-17-6-2-7-18-37)53-47-32-31-42(43-24-14-25-46(51(43)47)52(49)53)35-27-29-40(30-28-35)55(39-20-8-3-9-21-39)41-33-38-19-10-13-26-48(38)54-34-41/h1-34H. The van der Waals surface area contributed by atoms with E-state index in [-0.39, 0.29) is 0 Å². The van der Waals surface area contributed by atoms with Crippen LogP contribution in [0.5, 0.6) is 0 Å². The molecule has 55 heavy (non-hydrogen) atoms. The van der Waals surface area contributed by atoms with E-state index in [2.05, 4.69) is 199 Å². The molecular formula is C53H34N2. The fraction of sp³-hybridized carbons (Fsp3) is 0. The third-order valence-corrected chi connectivity index (χ3v) is 11.2. The number of fused-ring (bicyclic) bond motifs is 5. The second kappa shape index (κ2) is 12.7. The van der Waals surface area contributed by atoms with Gasteiger partial charge in [-0.2, -0.15) is 0 Å². The molecule has 1 aliphatic rings. The van der Waals surface area contributed by atoms with Gasteiger partial charge in [-0.3, -0.25) is 4.98 Å². The molecule has 0 atom stereocenters. The van der Waals surface area contributed by atoms with Gasteiger partial charge in [0.15, 0.2) is 0 Å². The molecule has 1 aliphatic carbocycles. The molecule has 0 radical (unpaired) electrons. The highest BCUT2D eigenvalue weighted by molar-refractivity contribution is 6.28. The Labute approximate surface area is 320 Å². The molecule has 0 bridgehead atoms. The van der Waals surface area contributed by atoms with Crippen LogP contribution in [0.25, 0.3) is 88.1 Å². The highest BCUT2D eigenvalue weighted by atomic mass is 15.1. The maximum absolute atomic E-state index is 4.82. The summed E-state index contributed by atoms with van der Waals surface area (Å²) >= 11 is 0. The van der Waals surface area contributed by atoms with Crippen molar-refractivity contribution in [1.82, 2.24) is 4.98 Å². The quantitative estimate of drug-likeness (QED) is 0.172. The van der Waals surface area contributed by atoms with E-state index >= 15 is 0 Å². The van der Waals surface area contributed by atoms with Gasteiger partial charge in [-0.25, -0.2) is 0 Å². The Morgan fingerprint density at radius 2 is 0.855 bits per heavy atom. The van der Waals surface area contributed by atoms with Crippen molar-refractivity contribution < 1.29 is 0 Å². The first-order valence-corrected chi connectivity index (χ1v) is 18.9. The number of para-hydroxylation sites is 2. The van der Waals surface area contributed by atoms with Crippen molar-refractivity contribution in [1.29, 1.82) is 0 Å². The van der Waals surface area contributed by atoms with Crippen LogP contribution < -0.4 is 4.90 Å². The van der Waals surface area contributed by atoms with Crippen LogP contribution in [0.2, 0.25) is 0 Å². The normalized spacial score (nSPS) is 11.6. The van der Waals surface area contributed by atoms with E-state index in [4.69, 9.17) is 4.98 Å². The first-order chi connectivity index (χ1) is 27.3. The van der Waals surface area contributed by atoms with E-state index in [0.29, 0.717) is 0 Å². The fourth-order valence-corrected chi connectivity index (χ4v) is 8.86. The highest BCUT2D eigenvalue weighted by Crippen LogP contribution is 2.58. The molecular weight excluding hydrogens is 665 g/mol. The van der Waals surface area contributed by atoms with E-state index in [0.717, 1.165) is 28.0 Å². The van der Waals surface area contributed by atoms with E-state index in [1.54, 1.807) is 0 Å². The molecule has 0 saturated heterocycles. The lowest BCUT2D eigenvalue weighted by atomic mass is 9.82. The van der Waals surface area contributed by atoms with Gasteiger partial charge in [-0.15, -0.1) is 0 Å². The minimum atomic E-state index is 0.990. The third kappa shape index (κ3) is 5.00. The monoisotopic (exact) mass is 698 g/mol. The number of rotatable bonds is 6. The summed E-state index contributed by atoms with van der Waals surface area (Å²) < 4.78 is 0. The fourth-order valence-electron chi connectivity index (χ4n) is 8.86. The summed E-state index contributed by atoms with van der Waals surface area (Å²) in [7, 11) is 0. The molecule has 9 aromatic carbocycles. The third-order valence-electron chi connectivity index (χ3n) is 11.2. The zero-order valence-corrected chi connectivity index (χ0v) is 30.0. The van der Waals surface area contributed by atoms with Crippen molar-refractivity contribution in [3.63, 3.8) is 0 Å². The van der Waals surface area contributed by atoms with Crippen LogP contribution in [0.3, 0.4) is 0 Å². The smallest absolute Gasteiger partial charge is 0.0703 e. The number of nitrogens with zero attached hydrogens (tertiary/aromatic N) is 2. The zero-order valence-electron chi connectivity index (χ0n) is 30.0. The maximum Gasteiger partial charge on any atom is 0.0703 e. The van der Waals surface area contributed by atoms with E-state index in [1.807, 2.05) is 12.3 Å². The molecule has 11 rings (SSSR count). The van der Waals surface area contributed by atoms with E-state index in [1.165, 1.54) is 77.2 Å². The lowest BCUT2D eigenvalue weighted by molar-refractivity contribution is 1.26. The molecule has 0 amide bonds. The Hall–Kier alpha value is -7.29. The van der Waals surface area contributed by atoms with Gasteiger partial charge in [-0.1, -0.05) is 164 Å². The summed E-state index contributed by atoms with van der Waals surface area (Å²) in [6.07, 6.45) is 1.97. The second-order valence-electron chi connectivity index (χ2n) is 14.3. The van der Waals surface area contributed by atoms with Crippen molar-refractivity contribution in [2.75, 3.05) is 4.90 Å². The summed E-state index contributed by atoms with van der Waals surface area (Å²) in [6, 6.07) is 72.5. The number of anilines is 3. The SMILES string of the molecule is c1ccc(-c2c3c(c(-c4ccccc4)c4ccccc24)-c2ccc(-c4ccc(N(c5ccccc5)c5cnc6ccccc6c5)cc4)c4cccc-3c24)cc1. The number of aromatic nitrogens is 1. The molecule has 0 unspecified atom stereocenters. The van der Waals surface area contributed by atoms with Gasteiger partial charge >= 0.3 is 0 Å². The van der Waals surface area contributed by atoms with Gasteiger partial charge in [0.25, 0.3) is 0 Å². The number of benzene rings is 9. The summed E-state index contributed by atoms with van der Waals surface area (Å²) in [4.78, 5) is 7.10. The Morgan fingerprint density at radius 1 is 0.327 bits per heavy atom. The molecule has 2 heteroatoms. The van der Waals surface area contributed by atoms with Crippen LogP contribution in [-0.4, -0.2) is 4.98 Å². The zero-order chi connectivity index (χ0) is 36.3. The van der Waals surface area contributed by atoms with Gasteiger partial charge in [0.2, 0.25) is 0 Å². The first kappa shape index (κ1) is 31.3. The average molecular weight is 699 g/mol. The predicted octanol–water partition coefficient (Wildman–Crippen LogP) is 14.7. The van der Waals surface area contributed by atoms with Gasteiger partial charge in [0.05, 0.1) is 17.4 Å². The molecule has 0 spiro atoms. The Kier molecular flexibility index (Phi) is 7.21. The van der Waals surface area contributed by atoms with Crippen LogP contribution in [0.1, 0.15) is 0 Å². The van der Waals surface area contributed by atoms with Crippen LogP contribution in [-0.2, 0) is 0 Å². The van der Waals surface area contributed by atoms with Crippen LogP contribution in [0, 0.1) is 0 Å². The minimum Gasteiger partial charge on any atom is -0.309 e. The molecule has 1 aromatic heterocycles. The molecule has 256 valence electrons. The molecule has 2 nitrogen and oxygen atoms in total. The van der Waals surface area contributed by atoms with Crippen molar-refractivity contribution in [2.24, 2.45) is 0 Å². The Morgan fingerprint density at radius 3 is 1.53 bits per heavy atom. The van der Waals surface area contributed by atoms with Crippen molar-refractivity contribution in [3.8, 4) is 55.6 Å². The Bertz CT molecular complexity index is 2970. The predicted molar refractivity (Wildman–Crippen MR) is 232 cm³/mol. The van der Waals surface area contributed by atoms with Gasteiger partial charge in [-0.05, 0) is 114 Å². The highest BCUT2D eigenvalue weighted by Gasteiger charge is 2.31. The summed E-state index contributed by atoms with van der Waals surface area (Å²) in [5, 5.41) is 6.25. The van der Waals surface area contributed by atoms with Gasteiger partial charge < -0.3 is 4.90 Å². The summed E-state index contributed by atoms with van der Waals surface area (Å²) in [5.74, 6) is 0. The minimum absolute atomic E-state index is 0.990. The molecule has 0 N–H and O–H groups in total. The molecule has 1 heterocycles. The van der Waals surface area contributed by atoms with Gasteiger partial charge in [0, 0.05) is 16.8 Å². The molecule has 10 aromatic rings. The topological polar surface area (TPSA) is 16.1 Å². The summed E-state index contributed by atoms with van der Waals surface area (Å²) in [6.45, 7) is 0. The number of hydrogen-bond donors (Lipinski definition) is 0. The van der Waals surface area contributed by atoms with Crippen molar-refractivity contribution >= 4 is 49.5 Å². The van der Waals surface area contributed by atoms with Crippen molar-refractivity contribution in [2.45, 2.75) is 0 Å². The van der Waals surface area contributed by atoms with Crippen LogP contribution in [0.4, 0.5) is 17.1 Å². The van der Waals surface area contributed by atoms with Crippen LogP contribution >= 0.6 is 0 Å². The largest absolute Gasteiger partial charge is 0.309 e. The maximum atomic E-state index is 4.82. The van der Waals surface area contributed by atoms with Gasteiger partial charge in [0.1, 0.15) is 0 Å². The molecule has 0 aliphatic heterocycles. The van der Waals surface area contributed by atoms with Crippen LogP contribution in [0.15, 0.2) is 206 Å². The average Bonchev–Trinajstić information content (AvgIpc) is 3.59. The van der Waals surface area contributed by atoms with E-state index < -0.39 is 0 Å². The Balaban J connectivity index is 1.10. The van der Waals surface area contributed by atoms with Crippen molar-refractivity contribution in [3.05, 3.63) is 206 Å². The molecule has 0 saturated carbocycles. The number of pyridine rings is 1. The first-order valence-electron chi connectivity index (χ1n) is 18.9. The van der Waals surface area contributed by atoms with E-state index in [9.17, 15) is 0 Å². The second-order valence-corrected chi connectivity index (χ2v) is 14.3. The number of hydrogen-bond acceptors (Lipinski definition) is 2.